The van der Waals surface area contributed by atoms with Gasteiger partial charge in [0, 0.05) is 17.7 Å². The molecular formula is C10H8FNO3. The Morgan fingerprint density at radius 3 is 2.87 bits per heavy atom. The van der Waals surface area contributed by atoms with Crippen LogP contribution < -0.4 is 0 Å². The largest absolute Gasteiger partial charge is 0.291 e. The van der Waals surface area contributed by atoms with E-state index in [1.165, 1.54) is 12.1 Å². The maximum atomic E-state index is 13.1. The molecule has 0 amide bonds. The first-order valence-electron chi connectivity index (χ1n) is 4.55. The summed E-state index contributed by atoms with van der Waals surface area (Å²) in [4.78, 5) is 21.3. The normalized spacial score (nSPS) is 19.8. The topological polar surface area (TPSA) is 60.2 Å². The second-order valence-corrected chi connectivity index (χ2v) is 3.47. The van der Waals surface area contributed by atoms with Crippen molar-refractivity contribution in [2.75, 3.05) is 0 Å². The van der Waals surface area contributed by atoms with Crippen LogP contribution in [0.2, 0.25) is 0 Å². The lowest BCUT2D eigenvalue weighted by atomic mass is 9.89. The van der Waals surface area contributed by atoms with Crippen LogP contribution in [0.4, 0.5) is 10.1 Å². The molecule has 0 spiro atoms. The Morgan fingerprint density at radius 2 is 2.20 bits per heavy atom. The van der Waals surface area contributed by atoms with Gasteiger partial charge in [-0.25, -0.2) is 4.39 Å². The van der Waals surface area contributed by atoms with Gasteiger partial charge in [-0.05, 0) is 18.4 Å². The van der Waals surface area contributed by atoms with E-state index in [4.69, 9.17) is 0 Å². The molecule has 78 valence electrons. The van der Waals surface area contributed by atoms with Crippen molar-refractivity contribution in [3.05, 3.63) is 39.4 Å². The van der Waals surface area contributed by atoms with Gasteiger partial charge in [-0.1, -0.05) is 6.07 Å². The predicted octanol–water partition coefficient (Wildman–Crippen LogP) is 2.06. The number of aryl methyl sites for hydroxylation is 1. The van der Waals surface area contributed by atoms with Crippen LogP contribution in [0.25, 0.3) is 0 Å². The Labute approximate surface area is 84.9 Å². The number of nitro groups is 1. The number of hydrogen-bond acceptors (Lipinski definition) is 3. The Hall–Kier alpha value is -1.78. The highest BCUT2D eigenvalue weighted by atomic mass is 19.1. The van der Waals surface area contributed by atoms with Gasteiger partial charge in [0.2, 0.25) is 0 Å². The third-order valence-corrected chi connectivity index (χ3v) is 2.52. The van der Waals surface area contributed by atoms with Gasteiger partial charge in [0.25, 0.3) is 5.69 Å². The molecule has 0 radical (unpaired) electrons. The summed E-state index contributed by atoms with van der Waals surface area (Å²) in [5.41, 5.74) is 0.679. The summed E-state index contributed by atoms with van der Waals surface area (Å²) in [5, 5.41) is 10.5. The second kappa shape index (κ2) is 3.42. The van der Waals surface area contributed by atoms with E-state index in [-0.39, 0.29) is 17.7 Å². The zero-order valence-electron chi connectivity index (χ0n) is 7.77. The van der Waals surface area contributed by atoms with Crippen molar-refractivity contribution in [2.45, 2.75) is 19.0 Å². The molecule has 1 aromatic rings. The maximum Gasteiger partial charge on any atom is 0.270 e. The van der Waals surface area contributed by atoms with Crippen LogP contribution in [0.5, 0.6) is 0 Å². The standard InChI is InChI=1S/C10H8FNO3/c11-9-4-2-6-1-3-7(12(14)15)5-8(6)10(9)13/h1,3,5,9H,2,4H2/t9-/m0/s1. The van der Waals surface area contributed by atoms with Gasteiger partial charge in [-0.15, -0.1) is 0 Å². The molecule has 4 nitrogen and oxygen atoms in total. The van der Waals surface area contributed by atoms with Gasteiger partial charge in [0.05, 0.1) is 4.92 Å². The van der Waals surface area contributed by atoms with Crippen LogP contribution >= 0.6 is 0 Å². The third-order valence-electron chi connectivity index (χ3n) is 2.52. The number of nitrogens with zero attached hydrogens (tertiary/aromatic N) is 1. The van der Waals surface area contributed by atoms with Crippen molar-refractivity contribution in [1.29, 1.82) is 0 Å². The van der Waals surface area contributed by atoms with Gasteiger partial charge in [-0.2, -0.15) is 0 Å². The van der Waals surface area contributed by atoms with E-state index in [9.17, 15) is 19.3 Å². The predicted molar refractivity (Wildman–Crippen MR) is 50.6 cm³/mol. The molecule has 5 heteroatoms. The first-order valence-corrected chi connectivity index (χ1v) is 4.55. The van der Waals surface area contributed by atoms with Gasteiger partial charge < -0.3 is 0 Å². The van der Waals surface area contributed by atoms with Crippen LogP contribution in [0.1, 0.15) is 22.3 Å². The summed E-state index contributed by atoms with van der Waals surface area (Å²) < 4.78 is 13.1. The van der Waals surface area contributed by atoms with E-state index in [2.05, 4.69) is 0 Å². The Morgan fingerprint density at radius 1 is 1.47 bits per heavy atom. The van der Waals surface area contributed by atoms with Gasteiger partial charge in [0.1, 0.15) is 0 Å². The maximum absolute atomic E-state index is 13.1. The lowest BCUT2D eigenvalue weighted by molar-refractivity contribution is -0.384. The quantitative estimate of drug-likeness (QED) is 0.525. The fourth-order valence-electron chi connectivity index (χ4n) is 1.71. The van der Waals surface area contributed by atoms with Crippen molar-refractivity contribution in [2.24, 2.45) is 0 Å². The molecular weight excluding hydrogens is 201 g/mol. The number of carbonyl (C=O) groups is 1. The monoisotopic (exact) mass is 209 g/mol. The number of alkyl halides is 1. The summed E-state index contributed by atoms with van der Waals surface area (Å²) in [7, 11) is 0. The smallest absolute Gasteiger partial charge is 0.270 e. The van der Waals surface area contributed by atoms with Crippen LogP contribution in [-0.4, -0.2) is 16.9 Å². The zero-order chi connectivity index (χ0) is 11.0. The molecule has 15 heavy (non-hydrogen) atoms. The minimum Gasteiger partial charge on any atom is -0.291 e. The summed E-state index contributed by atoms with van der Waals surface area (Å²) in [5.74, 6) is -0.639. The number of hydrogen-bond donors (Lipinski definition) is 0. The van der Waals surface area contributed by atoms with Crippen molar-refractivity contribution in [1.82, 2.24) is 0 Å². The third kappa shape index (κ3) is 1.60. The molecule has 1 aromatic carbocycles. The summed E-state index contributed by atoms with van der Waals surface area (Å²) in [6.07, 6.45) is -0.886. The van der Waals surface area contributed by atoms with E-state index in [0.717, 1.165) is 6.07 Å². The molecule has 0 aromatic heterocycles. The highest BCUT2D eigenvalue weighted by Gasteiger charge is 2.28. The molecule has 0 saturated carbocycles. The number of ketones is 1. The number of rotatable bonds is 1. The molecule has 0 heterocycles. The number of halogens is 1. The number of non-ortho nitro benzene ring substituents is 1. The molecule has 1 atom stereocenters. The van der Waals surface area contributed by atoms with Crippen molar-refractivity contribution < 1.29 is 14.1 Å². The fourth-order valence-corrected chi connectivity index (χ4v) is 1.71. The van der Waals surface area contributed by atoms with E-state index in [1.54, 1.807) is 0 Å². The minimum atomic E-state index is -1.51. The van der Waals surface area contributed by atoms with Gasteiger partial charge in [-0.3, -0.25) is 14.9 Å². The Bertz CT molecular complexity index is 444. The van der Waals surface area contributed by atoms with E-state index >= 15 is 0 Å². The van der Waals surface area contributed by atoms with Crippen molar-refractivity contribution in [3.8, 4) is 0 Å². The van der Waals surface area contributed by atoms with Gasteiger partial charge >= 0.3 is 0 Å². The fraction of sp³-hybridized carbons (Fsp3) is 0.300. The van der Waals surface area contributed by atoms with E-state index in [0.29, 0.717) is 12.0 Å². The molecule has 0 unspecified atom stereocenters. The molecule has 1 aliphatic carbocycles. The Kier molecular flexibility index (Phi) is 2.22. The molecule has 0 N–H and O–H groups in total. The number of Topliss-reactive ketones (excluding diaryl/α,β-unsaturated/α-hetero) is 1. The average molecular weight is 209 g/mol. The number of nitro benzene ring substituents is 1. The molecule has 1 aliphatic rings. The molecule has 0 saturated heterocycles. The average Bonchev–Trinajstić information content (AvgIpc) is 2.23. The van der Waals surface area contributed by atoms with Crippen LogP contribution in [0.15, 0.2) is 18.2 Å². The lowest BCUT2D eigenvalue weighted by Gasteiger charge is -2.16. The second-order valence-electron chi connectivity index (χ2n) is 3.47. The Balaban J connectivity index is 2.50. The van der Waals surface area contributed by atoms with Crippen LogP contribution in [0.3, 0.4) is 0 Å². The van der Waals surface area contributed by atoms with Crippen molar-refractivity contribution in [3.63, 3.8) is 0 Å². The zero-order valence-corrected chi connectivity index (χ0v) is 7.77. The van der Waals surface area contributed by atoms with Crippen LogP contribution in [-0.2, 0) is 6.42 Å². The minimum absolute atomic E-state index is 0.156. The van der Waals surface area contributed by atoms with Gasteiger partial charge in [0.15, 0.2) is 12.0 Å². The first kappa shape index (κ1) is 9.76. The van der Waals surface area contributed by atoms with Crippen molar-refractivity contribution >= 4 is 11.5 Å². The van der Waals surface area contributed by atoms with E-state index < -0.39 is 16.9 Å². The number of carbonyl (C=O) groups excluding carboxylic acids is 1. The molecule has 0 fully saturated rings. The number of fused-ring (bicyclic) bond motifs is 1. The SMILES string of the molecule is O=C1c2cc([N+](=O)[O-])ccc2CC[C@@H]1F. The van der Waals surface area contributed by atoms with Crippen LogP contribution in [0, 0.1) is 10.1 Å². The number of benzene rings is 1. The first-order chi connectivity index (χ1) is 7.09. The molecule has 2 rings (SSSR count). The summed E-state index contributed by atoms with van der Waals surface area (Å²) in [6.45, 7) is 0. The summed E-state index contributed by atoms with van der Waals surface area (Å²) >= 11 is 0. The lowest BCUT2D eigenvalue weighted by Crippen LogP contribution is -2.23. The van der Waals surface area contributed by atoms with E-state index in [1.807, 2.05) is 0 Å². The highest BCUT2D eigenvalue weighted by Crippen LogP contribution is 2.26. The highest BCUT2D eigenvalue weighted by molar-refractivity contribution is 6.02. The molecule has 0 bridgehead atoms. The molecule has 0 aliphatic heterocycles. The summed E-state index contributed by atoms with van der Waals surface area (Å²) in [6, 6.07) is 4.02.